The zero-order valence-corrected chi connectivity index (χ0v) is 12.1. The number of hydrogen-bond donors (Lipinski definition) is 1. The number of benzene rings is 3. The second kappa shape index (κ2) is 5.35. The van der Waals surface area contributed by atoms with Gasteiger partial charge in [-0.2, -0.15) is 0 Å². The highest BCUT2D eigenvalue weighted by atomic mass is 79.9. The van der Waals surface area contributed by atoms with Crippen molar-refractivity contribution in [1.29, 1.82) is 0 Å². The van der Waals surface area contributed by atoms with Gasteiger partial charge in [0, 0.05) is 9.86 Å². The molecule has 3 rings (SSSR count). The highest BCUT2D eigenvalue weighted by Crippen LogP contribution is 2.30. The van der Waals surface area contributed by atoms with Gasteiger partial charge in [-0.1, -0.05) is 58.4 Å². The molecule has 3 heteroatoms. The van der Waals surface area contributed by atoms with Gasteiger partial charge in [-0.15, -0.1) is 0 Å². The molecule has 0 aliphatic carbocycles. The third kappa shape index (κ3) is 2.35. The summed E-state index contributed by atoms with van der Waals surface area (Å²) in [6.45, 7) is 0. The lowest BCUT2D eigenvalue weighted by Crippen LogP contribution is -2.01. The average molecular weight is 331 g/mol. The molecule has 0 heterocycles. The van der Waals surface area contributed by atoms with Gasteiger partial charge in [0.2, 0.25) is 0 Å². The maximum atomic E-state index is 13.8. The Hall–Kier alpha value is -1.71. The molecule has 0 aliphatic rings. The first-order valence-corrected chi connectivity index (χ1v) is 7.07. The summed E-state index contributed by atoms with van der Waals surface area (Å²) in [7, 11) is 0. The lowest BCUT2D eigenvalue weighted by Gasteiger charge is -2.14. The van der Waals surface area contributed by atoms with Crippen molar-refractivity contribution in [1.82, 2.24) is 0 Å². The van der Waals surface area contributed by atoms with Crippen LogP contribution in [0.1, 0.15) is 17.2 Å². The van der Waals surface area contributed by atoms with E-state index in [1.54, 1.807) is 18.2 Å². The van der Waals surface area contributed by atoms with Crippen molar-refractivity contribution in [3.05, 3.63) is 82.1 Å². The SMILES string of the molecule is OC(c1ccc(Br)cc1)c1ccc(F)c2ccccc12. The largest absolute Gasteiger partial charge is 0.384 e. The van der Waals surface area contributed by atoms with E-state index in [0.29, 0.717) is 10.9 Å². The Bertz CT molecular complexity index is 753. The highest BCUT2D eigenvalue weighted by molar-refractivity contribution is 9.10. The fraction of sp³-hybridized carbons (Fsp3) is 0.0588. The van der Waals surface area contributed by atoms with Crippen molar-refractivity contribution < 1.29 is 9.50 Å². The Morgan fingerprint density at radius 2 is 1.50 bits per heavy atom. The molecule has 20 heavy (non-hydrogen) atoms. The Labute approximate surface area is 124 Å². The molecule has 0 saturated heterocycles. The van der Waals surface area contributed by atoms with Gasteiger partial charge in [0.1, 0.15) is 11.9 Å². The summed E-state index contributed by atoms with van der Waals surface area (Å²) in [4.78, 5) is 0. The van der Waals surface area contributed by atoms with Crippen molar-refractivity contribution in [2.75, 3.05) is 0 Å². The lowest BCUT2D eigenvalue weighted by molar-refractivity contribution is 0.222. The normalized spacial score (nSPS) is 12.6. The minimum Gasteiger partial charge on any atom is -0.384 e. The van der Waals surface area contributed by atoms with E-state index in [1.165, 1.54) is 6.07 Å². The van der Waals surface area contributed by atoms with Crippen LogP contribution in [0.2, 0.25) is 0 Å². The fourth-order valence-corrected chi connectivity index (χ4v) is 2.61. The molecule has 0 bridgehead atoms. The standard InChI is InChI=1S/C17H12BrFO/c18-12-7-5-11(6-8-12)17(20)15-9-10-16(19)14-4-2-1-3-13(14)15/h1-10,17,20H. The van der Waals surface area contributed by atoms with Crippen LogP contribution in [0.25, 0.3) is 10.8 Å². The predicted octanol–water partition coefficient (Wildman–Crippen LogP) is 4.82. The maximum Gasteiger partial charge on any atom is 0.131 e. The molecule has 1 nitrogen and oxygen atoms in total. The van der Waals surface area contributed by atoms with Crippen molar-refractivity contribution in [3.8, 4) is 0 Å². The fourth-order valence-electron chi connectivity index (χ4n) is 2.35. The third-order valence-electron chi connectivity index (χ3n) is 3.38. The molecule has 3 aromatic carbocycles. The molecule has 0 spiro atoms. The van der Waals surface area contributed by atoms with Crippen LogP contribution in [0.4, 0.5) is 4.39 Å². The molecular weight excluding hydrogens is 319 g/mol. The molecule has 1 N–H and O–H groups in total. The topological polar surface area (TPSA) is 20.2 Å². The van der Waals surface area contributed by atoms with E-state index in [4.69, 9.17) is 0 Å². The van der Waals surface area contributed by atoms with E-state index >= 15 is 0 Å². The second-order valence-electron chi connectivity index (χ2n) is 4.64. The predicted molar refractivity (Wildman–Crippen MR) is 82.1 cm³/mol. The molecule has 1 unspecified atom stereocenters. The van der Waals surface area contributed by atoms with Crippen LogP contribution < -0.4 is 0 Å². The van der Waals surface area contributed by atoms with Gasteiger partial charge in [0.15, 0.2) is 0 Å². The molecule has 0 aliphatic heterocycles. The van der Waals surface area contributed by atoms with Crippen molar-refractivity contribution in [3.63, 3.8) is 0 Å². The van der Waals surface area contributed by atoms with E-state index in [0.717, 1.165) is 15.4 Å². The smallest absolute Gasteiger partial charge is 0.131 e. The monoisotopic (exact) mass is 330 g/mol. The van der Waals surface area contributed by atoms with E-state index < -0.39 is 6.10 Å². The van der Waals surface area contributed by atoms with Crippen LogP contribution in [-0.4, -0.2) is 5.11 Å². The first kappa shape index (κ1) is 13.3. The van der Waals surface area contributed by atoms with E-state index in [9.17, 15) is 9.50 Å². The molecule has 3 aromatic rings. The van der Waals surface area contributed by atoms with Gasteiger partial charge in [-0.05, 0) is 34.7 Å². The van der Waals surface area contributed by atoms with Gasteiger partial charge in [0.25, 0.3) is 0 Å². The zero-order valence-electron chi connectivity index (χ0n) is 10.6. The first-order chi connectivity index (χ1) is 9.66. The van der Waals surface area contributed by atoms with Crippen LogP contribution in [-0.2, 0) is 0 Å². The summed E-state index contributed by atoms with van der Waals surface area (Å²) < 4.78 is 14.8. The Morgan fingerprint density at radius 3 is 2.20 bits per heavy atom. The average Bonchev–Trinajstić information content (AvgIpc) is 2.48. The van der Waals surface area contributed by atoms with Crippen LogP contribution in [0.3, 0.4) is 0 Å². The van der Waals surface area contributed by atoms with Gasteiger partial charge < -0.3 is 5.11 Å². The van der Waals surface area contributed by atoms with Crippen LogP contribution in [0, 0.1) is 5.82 Å². The molecule has 0 radical (unpaired) electrons. The molecule has 0 aromatic heterocycles. The number of rotatable bonds is 2. The molecule has 0 amide bonds. The number of hydrogen-bond acceptors (Lipinski definition) is 1. The number of aliphatic hydroxyl groups excluding tert-OH is 1. The molecular formula is C17H12BrFO. The quantitative estimate of drug-likeness (QED) is 0.714. The Morgan fingerprint density at radius 1 is 0.850 bits per heavy atom. The number of halogens is 2. The van der Waals surface area contributed by atoms with Crippen molar-refractivity contribution >= 4 is 26.7 Å². The minimum absolute atomic E-state index is 0.271. The summed E-state index contributed by atoms with van der Waals surface area (Å²) in [6, 6.07) is 17.7. The summed E-state index contributed by atoms with van der Waals surface area (Å²) in [5, 5.41) is 11.8. The molecule has 1 atom stereocenters. The van der Waals surface area contributed by atoms with Crippen LogP contribution in [0.5, 0.6) is 0 Å². The second-order valence-corrected chi connectivity index (χ2v) is 5.55. The van der Waals surface area contributed by atoms with Gasteiger partial charge in [0.05, 0.1) is 0 Å². The van der Waals surface area contributed by atoms with E-state index in [1.807, 2.05) is 36.4 Å². The summed E-state index contributed by atoms with van der Waals surface area (Å²) in [6.07, 6.45) is -0.770. The van der Waals surface area contributed by atoms with E-state index in [2.05, 4.69) is 15.9 Å². The Balaban J connectivity index is 2.14. The van der Waals surface area contributed by atoms with Crippen LogP contribution in [0.15, 0.2) is 65.1 Å². The maximum absolute atomic E-state index is 13.8. The third-order valence-corrected chi connectivity index (χ3v) is 3.91. The molecule has 0 fully saturated rings. The number of aliphatic hydroxyl groups is 1. The first-order valence-electron chi connectivity index (χ1n) is 6.27. The Kier molecular flexibility index (Phi) is 3.55. The summed E-state index contributed by atoms with van der Waals surface area (Å²) >= 11 is 3.37. The van der Waals surface area contributed by atoms with E-state index in [-0.39, 0.29) is 5.82 Å². The van der Waals surface area contributed by atoms with Crippen LogP contribution >= 0.6 is 15.9 Å². The summed E-state index contributed by atoms with van der Waals surface area (Å²) in [5.41, 5.74) is 1.49. The summed E-state index contributed by atoms with van der Waals surface area (Å²) in [5.74, 6) is -0.271. The van der Waals surface area contributed by atoms with Gasteiger partial charge in [-0.3, -0.25) is 0 Å². The zero-order chi connectivity index (χ0) is 14.1. The lowest BCUT2D eigenvalue weighted by atomic mass is 9.96. The van der Waals surface area contributed by atoms with Crippen molar-refractivity contribution in [2.45, 2.75) is 6.10 Å². The molecule has 100 valence electrons. The molecule has 0 saturated carbocycles. The van der Waals surface area contributed by atoms with Gasteiger partial charge in [-0.25, -0.2) is 4.39 Å². The minimum atomic E-state index is -0.770. The number of fused-ring (bicyclic) bond motifs is 1. The highest BCUT2D eigenvalue weighted by Gasteiger charge is 2.14. The van der Waals surface area contributed by atoms with Crippen molar-refractivity contribution in [2.24, 2.45) is 0 Å². The van der Waals surface area contributed by atoms with Gasteiger partial charge >= 0.3 is 0 Å².